The molecule has 0 spiro atoms. The maximum absolute atomic E-state index is 12.4. The standard InChI is InChI=1S/C22H25N5O2S/c1-14-10-11-18(15(2)12-14)24-19(28)13-30-22-26-25-20(27(22)4)16(3)23-21(29)17-8-6-5-7-9-17/h5-12,16H,13H2,1-4H3,(H,23,29)(H,24,28). The Balaban J connectivity index is 1.58. The van der Waals surface area contributed by atoms with E-state index in [2.05, 4.69) is 20.8 Å². The van der Waals surface area contributed by atoms with Gasteiger partial charge < -0.3 is 15.2 Å². The first-order chi connectivity index (χ1) is 14.3. The van der Waals surface area contributed by atoms with Crippen LogP contribution in [-0.2, 0) is 11.8 Å². The van der Waals surface area contributed by atoms with E-state index in [9.17, 15) is 9.59 Å². The highest BCUT2D eigenvalue weighted by atomic mass is 32.2. The van der Waals surface area contributed by atoms with E-state index in [1.54, 1.807) is 16.7 Å². The number of amides is 2. The number of aryl methyl sites for hydroxylation is 2. The van der Waals surface area contributed by atoms with Crippen molar-refractivity contribution in [2.24, 2.45) is 7.05 Å². The number of thioether (sulfide) groups is 1. The molecule has 3 rings (SSSR count). The molecule has 1 aromatic heterocycles. The molecular formula is C22H25N5O2S. The summed E-state index contributed by atoms with van der Waals surface area (Å²) in [6, 6.07) is 14.6. The molecule has 0 bridgehead atoms. The molecule has 7 nitrogen and oxygen atoms in total. The van der Waals surface area contributed by atoms with E-state index in [1.807, 2.05) is 64.2 Å². The molecule has 1 atom stereocenters. The summed E-state index contributed by atoms with van der Waals surface area (Å²) in [5.74, 6) is 0.552. The predicted molar refractivity (Wildman–Crippen MR) is 119 cm³/mol. The highest BCUT2D eigenvalue weighted by Gasteiger charge is 2.19. The summed E-state index contributed by atoms with van der Waals surface area (Å²) in [6.45, 7) is 5.84. The second-order valence-corrected chi connectivity index (χ2v) is 8.06. The summed E-state index contributed by atoms with van der Waals surface area (Å²) in [6.07, 6.45) is 0. The van der Waals surface area contributed by atoms with Gasteiger partial charge >= 0.3 is 0 Å². The summed E-state index contributed by atoms with van der Waals surface area (Å²) in [7, 11) is 1.82. The van der Waals surface area contributed by atoms with E-state index in [0.29, 0.717) is 16.5 Å². The van der Waals surface area contributed by atoms with Gasteiger partial charge in [0.15, 0.2) is 11.0 Å². The van der Waals surface area contributed by atoms with Gasteiger partial charge in [0.1, 0.15) is 0 Å². The molecule has 1 heterocycles. The summed E-state index contributed by atoms with van der Waals surface area (Å²) in [5.41, 5.74) is 3.57. The van der Waals surface area contributed by atoms with Crippen LogP contribution >= 0.6 is 11.8 Å². The number of nitrogens with zero attached hydrogens (tertiary/aromatic N) is 3. The molecule has 0 saturated carbocycles. The van der Waals surface area contributed by atoms with E-state index in [-0.39, 0.29) is 23.6 Å². The Morgan fingerprint density at radius 1 is 1.10 bits per heavy atom. The van der Waals surface area contributed by atoms with E-state index in [1.165, 1.54) is 11.8 Å². The number of hydrogen-bond acceptors (Lipinski definition) is 5. The lowest BCUT2D eigenvalue weighted by Gasteiger charge is -2.13. The van der Waals surface area contributed by atoms with Crippen LogP contribution in [-0.4, -0.2) is 32.3 Å². The molecule has 2 N–H and O–H groups in total. The fraction of sp³-hybridized carbons (Fsp3) is 0.273. The number of carbonyl (C=O) groups excluding carboxylic acids is 2. The van der Waals surface area contributed by atoms with Crippen molar-refractivity contribution in [1.82, 2.24) is 20.1 Å². The maximum Gasteiger partial charge on any atom is 0.251 e. The van der Waals surface area contributed by atoms with E-state index in [0.717, 1.165) is 16.8 Å². The maximum atomic E-state index is 12.4. The van der Waals surface area contributed by atoms with Crippen LogP contribution in [0, 0.1) is 13.8 Å². The number of anilines is 1. The Morgan fingerprint density at radius 3 is 2.53 bits per heavy atom. The number of rotatable bonds is 7. The third kappa shape index (κ3) is 5.27. The molecule has 0 aliphatic rings. The largest absolute Gasteiger partial charge is 0.342 e. The Labute approximate surface area is 180 Å². The van der Waals surface area contributed by atoms with Crippen LogP contribution in [0.15, 0.2) is 53.7 Å². The second-order valence-electron chi connectivity index (χ2n) is 7.12. The van der Waals surface area contributed by atoms with Crippen LogP contribution in [0.3, 0.4) is 0 Å². The van der Waals surface area contributed by atoms with Crippen LogP contribution < -0.4 is 10.6 Å². The zero-order valence-corrected chi connectivity index (χ0v) is 18.3. The molecule has 2 aromatic carbocycles. The zero-order chi connectivity index (χ0) is 21.7. The van der Waals surface area contributed by atoms with Gasteiger partial charge in [-0.3, -0.25) is 9.59 Å². The van der Waals surface area contributed by atoms with Crippen LogP contribution in [0.2, 0.25) is 0 Å². The van der Waals surface area contributed by atoms with Crippen LogP contribution in [0.4, 0.5) is 5.69 Å². The Kier molecular flexibility index (Phi) is 6.89. The molecule has 0 fully saturated rings. The minimum Gasteiger partial charge on any atom is -0.342 e. The number of nitrogens with one attached hydrogen (secondary N) is 2. The van der Waals surface area contributed by atoms with E-state index in [4.69, 9.17) is 0 Å². The SMILES string of the molecule is Cc1ccc(NC(=O)CSc2nnc(C(C)NC(=O)c3ccccc3)n2C)c(C)c1. The molecule has 30 heavy (non-hydrogen) atoms. The quantitative estimate of drug-likeness (QED) is 0.566. The van der Waals surface area contributed by atoms with Gasteiger partial charge in [-0.2, -0.15) is 0 Å². The first-order valence-electron chi connectivity index (χ1n) is 9.60. The van der Waals surface area contributed by atoms with Gasteiger partial charge in [-0.25, -0.2) is 0 Å². The van der Waals surface area contributed by atoms with Crippen molar-refractivity contribution in [2.45, 2.75) is 32.0 Å². The Bertz CT molecular complexity index is 1050. The normalized spacial score (nSPS) is 11.7. The first kappa shape index (κ1) is 21.6. The molecular weight excluding hydrogens is 398 g/mol. The van der Waals surface area contributed by atoms with Crippen molar-refractivity contribution < 1.29 is 9.59 Å². The van der Waals surface area contributed by atoms with E-state index < -0.39 is 0 Å². The van der Waals surface area contributed by atoms with Gasteiger partial charge in [0, 0.05) is 18.3 Å². The van der Waals surface area contributed by atoms with Gasteiger partial charge in [-0.15, -0.1) is 10.2 Å². The Hall–Kier alpha value is -3.13. The molecule has 3 aromatic rings. The van der Waals surface area contributed by atoms with Gasteiger partial charge in [0.2, 0.25) is 5.91 Å². The van der Waals surface area contributed by atoms with Gasteiger partial charge in [0.05, 0.1) is 11.8 Å². The average Bonchev–Trinajstić information content (AvgIpc) is 3.09. The topological polar surface area (TPSA) is 88.9 Å². The summed E-state index contributed by atoms with van der Waals surface area (Å²) in [5, 5.41) is 14.8. The molecule has 8 heteroatoms. The monoisotopic (exact) mass is 423 g/mol. The van der Waals surface area contributed by atoms with Gasteiger partial charge in [-0.05, 0) is 44.5 Å². The minimum atomic E-state index is -0.325. The second kappa shape index (κ2) is 9.58. The fourth-order valence-corrected chi connectivity index (χ4v) is 3.75. The van der Waals surface area contributed by atoms with Crippen molar-refractivity contribution in [3.8, 4) is 0 Å². The third-order valence-corrected chi connectivity index (χ3v) is 5.65. The lowest BCUT2D eigenvalue weighted by Crippen LogP contribution is -2.28. The van der Waals surface area contributed by atoms with Crippen LogP contribution in [0.25, 0.3) is 0 Å². The molecule has 0 aliphatic carbocycles. The summed E-state index contributed by atoms with van der Waals surface area (Å²) in [4.78, 5) is 24.7. The lowest BCUT2D eigenvalue weighted by molar-refractivity contribution is -0.113. The molecule has 0 saturated heterocycles. The van der Waals surface area contributed by atoms with Gasteiger partial charge in [-0.1, -0.05) is 47.7 Å². The first-order valence-corrected chi connectivity index (χ1v) is 10.6. The molecule has 156 valence electrons. The van der Waals surface area contributed by atoms with Gasteiger partial charge in [0.25, 0.3) is 5.91 Å². The molecule has 2 amide bonds. The van der Waals surface area contributed by atoms with Crippen molar-refractivity contribution in [1.29, 1.82) is 0 Å². The molecule has 1 unspecified atom stereocenters. The fourth-order valence-electron chi connectivity index (χ4n) is 3.03. The Morgan fingerprint density at radius 2 is 1.83 bits per heavy atom. The highest BCUT2D eigenvalue weighted by Crippen LogP contribution is 2.21. The van der Waals surface area contributed by atoms with E-state index >= 15 is 0 Å². The van der Waals surface area contributed by atoms with Crippen LogP contribution in [0.5, 0.6) is 0 Å². The number of hydrogen-bond donors (Lipinski definition) is 2. The molecule has 0 radical (unpaired) electrons. The number of aromatic nitrogens is 3. The van der Waals surface area contributed by atoms with Crippen molar-refractivity contribution in [3.05, 3.63) is 71.0 Å². The predicted octanol–water partition coefficient (Wildman–Crippen LogP) is 3.65. The van der Waals surface area contributed by atoms with Crippen LogP contribution in [0.1, 0.15) is 40.3 Å². The number of benzene rings is 2. The minimum absolute atomic E-state index is 0.109. The lowest BCUT2D eigenvalue weighted by atomic mass is 10.1. The highest BCUT2D eigenvalue weighted by molar-refractivity contribution is 7.99. The average molecular weight is 424 g/mol. The summed E-state index contributed by atoms with van der Waals surface area (Å²) >= 11 is 1.30. The van der Waals surface area contributed by atoms with Crippen molar-refractivity contribution in [3.63, 3.8) is 0 Å². The summed E-state index contributed by atoms with van der Waals surface area (Å²) < 4.78 is 1.80. The number of carbonyl (C=O) groups is 2. The van der Waals surface area contributed by atoms with Crippen molar-refractivity contribution in [2.75, 3.05) is 11.1 Å². The molecule has 0 aliphatic heterocycles. The van der Waals surface area contributed by atoms with Crippen molar-refractivity contribution >= 4 is 29.3 Å². The zero-order valence-electron chi connectivity index (χ0n) is 17.5. The smallest absolute Gasteiger partial charge is 0.251 e. The third-order valence-electron chi connectivity index (χ3n) is 4.63.